The van der Waals surface area contributed by atoms with Gasteiger partial charge < -0.3 is 49.5 Å². The zero-order valence-electron chi connectivity index (χ0n) is 13.1. The fourth-order valence-electron chi connectivity index (χ4n) is 0. The monoisotopic (exact) mass is 330 g/mol. The molecule has 22 heavy (non-hydrogen) atoms. The van der Waals surface area contributed by atoms with Crippen LogP contribution in [0.4, 0.5) is 0 Å². The molecule has 0 N–H and O–H groups in total. The average Bonchev–Trinajstić information content (AvgIpc) is 1.94. The number of rotatable bonds is 0. The van der Waals surface area contributed by atoms with Crippen molar-refractivity contribution >= 4 is 29.8 Å². The van der Waals surface area contributed by atoms with Crippen LogP contribution in [-0.4, -0.2) is 29.8 Å². The first-order chi connectivity index (χ1) is 8.66. The first-order valence-corrected chi connectivity index (χ1v) is 4.54. The maximum Gasteiger partial charge on any atom is 4.00 e. The summed E-state index contributed by atoms with van der Waals surface area (Å²) in [7, 11) is 0. The Bertz CT molecular complexity index is 212. The van der Waals surface area contributed by atoms with Gasteiger partial charge in [-0.05, 0) is 34.6 Å². The molecule has 0 rings (SSSR count). The summed E-state index contributed by atoms with van der Waals surface area (Å²) >= 11 is 0. The van der Waals surface area contributed by atoms with E-state index in [0.29, 0.717) is 0 Å². The van der Waals surface area contributed by atoms with Gasteiger partial charge in [0.05, 0.1) is 0 Å². The van der Waals surface area contributed by atoms with Crippen molar-refractivity contribution in [3.8, 4) is 0 Å². The van der Waals surface area contributed by atoms with Gasteiger partial charge in [-0.25, -0.2) is 0 Å². The molecule has 0 fully saturated rings. The van der Waals surface area contributed by atoms with Crippen molar-refractivity contribution in [1.29, 1.82) is 0 Å². The van der Waals surface area contributed by atoms with E-state index in [1.54, 1.807) is 0 Å². The van der Waals surface area contributed by atoms with Crippen LogP contribution < -0.4 is 55.1 Å². The summed E-state index contributed by atoms with van der Waals surface area (Å²) in [6.07, 6.45) is 0. The van der Waals surface area contributed by atoms with Gasteiger partial charge in [0.2, 0.25) is 0 Å². The van der Waals surface area contributed by atoms with Crippen molar-refractivity contribution in [1.82, 2.24) is 0 Å². The van der Waals surface area contributed by atoms with E-state index in [9.17, 15) is 0 Å². The summed E-state index contributed by atoms with van der Waals surface area (Å²) in [4.78, 5) is 44.4. The molecule has 0 heterocycles. The molecular formula is C11H15NaO10. The molecule has 0 aliphatic rings. The molecule has 0 spiro atoms. The number of carbonyl (C=O) groups is 5. The van der Waals surface area contributed by atoms with Crippen LogP contribution in [0.15, 0.2) is 0 Å². The van der Waals surface area contributed by atoms with E-state index < -0.39 is 29.8 Å². The number of carboxylic acids is 5. The molecular weight excluding hydrogens is 315 g/mol. The van der Waals surface area contributed by atoms with Crippen molar-refractivity contribution in [2.45, 2.75) is 34.6 Å². The summed E-state index contributed by atoms with van der Waals surface area (Å²) in [5.41, 5.74) is 0. The van der Waals surface area contributed by atoms with Gasteiger partial charge in [-0.15, -0.1) is 0 Å². The average molecular weight is 330 g/mol. The number of aliphatic carboxylic acids is 5. The molecule has 11 heteroatoms. The maximum absolute atomic E-state index is 8.89. The van der Waals surface area contributed by atoms with Crippen molar-refractivity contribution in [3.05, 3.63) is 7.43 Å². The molecule has 0 aromatic carbocycles. The summed E-state index contributed by atoms with van der Waals surface area (Å²) in [5, 5.41) is 44.4. The van der Waals surface area contributed by atoms with E-state index in [-0.39, 0.29) is 37.0 Å². The van der Waals surface area contributed by atoms with E-state index in [1.165, 1.54) is 0 Å². The summed E-state index contributed by atoms with van der Waals surface area (Å²) in [6.45, 7) is 4.86. The molecule has 0 aliphatic heterocycles. The Kier molecular flexibility index (Phi) is 71.0. The first kappa shape index (κ1) is 42.8. The van der Waals surface area contributed by atoms with Crippen molar-refractivity contribution in [2.24, 2.45) is 0 Å². The molecule has 0 unspecified atom stereocenters. The third kappa shape index (κ3) is 2030. The first-order valence-electron chi connectivity index (χ1n) is 4.54. The number of carboxylic acid groups (broad SMARTS) is 5. The molecule has 0 saturated carbocycles. The fourth-order valence-corrected chi connectivity index (χ4v) is 0. The van der Waals surface area contributed by atoms with E-state index in [2.05, 4.69) is 0 Å². The molecule has 0 aromatic heterocycles. The van der Waals surface area contributed by atoms with Gasteiger partial charge in [0.25, 0.3) is 0 Å². The van der Waals surface area contributed by atoms with Gasteiger partial charge in [-0.3, -0.25) is 0 Å². The normalized spacial score (nSPS) is 5.68. The van der Waals surface area contributed by atoms with Crippen LogP contribution in [0, 0.1) is 7.43 Å². The minimum Gasteiger partial charge on any atom is -0.550 e. The van der Waals surface area contributed by atoms with Crippen molar-refractivity contribution < 1.29 is 79.1 Å². The van der Waals surface area contributed by atoms with Gasteiger partial charge in [-0.1, -0.05) is 0 Å². The predicted molar refractivity (Wildman–Crippen MR) is 56.6 cm³/mol. The quantitative estimate of drug-likeness (QED) is 0.384. The largest absolute Gasteiger partial charge is 4.00 e. The van der Waals surface area contributed by atoms with Gasteiger partial charge in [-0.2, -0.15) is 0 Å². The SMILES string of the molecule is CC(=O)[O-].CC(=O)[O-].CC(=O)[O-].CC(=O)[O-].CC(=O)[O-].[C+4].[Na+]. The molecule has 0 atom stereocenters. The van der Waals surface area contributed by atoms with Crippen LogP contribution in [0.3, 0.4) is 0 Å². The number of carbonyl (C=O) groups excluding carboxylic acids is 5. The summed E-state index contributed by atoms with van der Waals surface area (Å²) in [6, 6.07) is 0. The molecule has 0 saturated heterocycles. The third-order valence-electron chi connectivity index (χ3n) is 0. The molecule has 120 valence electrons. The second-order valence-electron chi connectivity index (χ2n) is 2.46. The minimum absolute atomic E-state index is 0. The molecule has 10 nitrogen and oxygen atoms in total. The Labute approximate surface area is 151 Å². The van der Waals surface area contributed by atoms with Crippen LogP contribution in [0.25, 0.3) is 0 Å². The van der Waals surface area contributed by atoms with Crippen LogP contribution in [0.5, 0.6) is 0 Å². The zero-order valence-corrected chi connectivity index (χ0v) is 15.1. The molecule has 0 amide bonds. The van der Waals surface area contributed by atoms with Gasteiger partial charge in [0.15, 0.2) is 0 Å². The summed E-state index contributed by atoms with van der Waals surface area (Å²) < 4.78 is 0. The van der Waals surface area contributed by atoms with Gasteiger partial charge in [0.1, 0.15) is 0 Å². The van der Waals surface area contributed by atoms with E-state index >= 15 is 0 Å². The second kappa shape index (κ2) is 36.6. The number of hydrogen-bond acceptors (Lipinski definition) is 10. The Morgan fingerprint density at radius 2 is 0.455 bits per heavy atom. The van der Waals surface area contributed by atoms with E-state index in [0.717, 1.165) is 34.6 Å². The Hall–Kier alpha value is -1.65. The molecule has 0 aliphatic carbocycles. The van der Waals surface area contributed by atoms with E-state index in [4.69, 9.17) is 49.5 Å². The predicted octanol–water partition coefficient (Wildman–Crippen LogP) is -9.13. The Morgan fingerprint density at radius 1 is 0.455 bits per heavy atom. The zero-order chi connectivity index (χ0) is 17.9. The van der Waals surface area contributed by atoms with Crippen molar-refractivity contribution in [3.63, 3.8) is 0 Å². The van der Waals surface area contributed by atoms with E-state index in [1.807, 2.05) is 0 Å². The van der Waals surface area contributed by atoms with Crippen LogP contribution in [-0.2, 0) is 24.0 Å². The van der Waals surface area contributed by atoms with Gasteiger partial charge >= 0.3 is 37.0 Å². The smallest absolute Gasteiger partial charge is 0.550 e. The van der Waals surface area contributed by atoms with Crippen molar-refractivity contribution in [2.75, 3.05) is 0 Å². The van der Waals surface area contributed by atoms with Crippen LogP contribution in [0.2, 0.25) is 0 Å². The topological polar surface area (TPSA) is 201 Å². The number of hydrogen-bond donors (Lipinski definition) is 0. The molecule has 0 radical (unpaired) electrons. The Balaban J connectivity index is -0.0000000250. The molecule has 0 bridgehead atoms. The molecule has 0 aromatic rings. The van der Waals surface area contributed by atoms with Crippen LogP contribution >= 0.6 is 0 Å². The standard InChI is InChI=1S/5C2H4O2.C.Na/c5*1-2(3)4;;/h5*1H3,(H,3,4);;/q;;;;;+4;+1/p-5. The third-order valence-corrected chi connectivity index (χ3v) is 0. The second-order valence-corrected chi connectivity index (χ2v) is 2.46. The fraction of sp³-hybridized carbons (Fsp3) is 0.455. The van der Waals surface area contributed by atoms with Gasteiger partial charge in [0, 0.05) is 29.8 Å². The minimum atomic E-state index is -1.08. The van der Waals surface area contributed by atoms with Crippen LogP contribution in [0.1, 0.15) is 34.6 Å². The summed E-state index contributed by atoms with van der Waals surface area (Å²) in [5.74, 6) is -5.42. The Morgan fingerprint density at radius 3 is 0.455 bits per heavy atom. The maximum atomic E-state index is 8.89.